The van der Waals surface area contributed by atoms with Gasteiger partial charge in [-0.1, -0.05) is 30.3 Å². The minimum atomic E-state index is -0.222. The lowest BCUT2D eigenvalue weighted by Gasteiger charge is -2.08. The fourth-order valence-electron chi connectivity index (χ4n) is 1.46. The van der Waals surface area contributed by atoms with Gasteiger partial charge in [0, 0.05) is 4.90 Å². The van der Waals surface area contributed by atoms with Crippen molar-refractivity contribution in [3.05, 3.63) is 60.2 Å². The van der Waals surface area contributed by atoms with E-state index in [4.69, 9.17) is 0 Å². The van der Waals surface area contributed by atoms with E-state index in [0.29, 0.717) is 0 Å². The van der Waals surface area contributed by atoms with Gasteiger partial charge in [0.25, 0.3) is 0 Å². The Balaban J connectivity index is 2.17. The van der Waals surface area contributed by atoms with Crippen molar-refractivity contribution in [2.24, 2.45) is 0 Å². The van der Waals surface area contributed by atoms with E-state index in [0.717, 1.165) is 10.5 Å². The predicted molar refractivity (Wildman–Crippen MR) is 68.8 cm³/mol. The van der Waals surface area contributed by atoms with Crippen LogP contribution in [0.4, 0.5) is 0 Å². The van der Waals surface area contributed by atoms with Gasteiger partial charge in [-0.25, -0.2) is 0 Å². The largest absolute Gasteiger partial charge is 0.508 e. The molecule has 0 amide bonds. The van der Waals surface area contributed by atoms with E-state index in [1.54, 1.807) is 12.1 Å². The highest BCUT2D eigenvalue weighted by Gasteiger charge is 2.11. The third-order valence-corrected chi connectivity index (χ3v) is 3.47. The molecule has 0 aliphatic heterocycles. The summed E-state index contributed by atoms with van der Waals surface area (Å²) in [5.41, 5.74) is 0.994. The summed E-state index contributed by atoms with van der Waals surface area (Å²) in [5, 5.41) is 18.1. The normalized spacial score (nSPS) is 11.7. The first kappa shape index (κ1) is 11.6. The second-order valence-electron chi connectivity index (χ2n) is 3.53. The fourth-order valence-corrected chi connectivity index (χ4v) is 2.37. The summed E-state index contributed by atoms with van der Waals surface area (Å²) in [6, 6.07) is 18.8. The molecule has 0 radical (unpaired) electrons. The molecule has 0 heterocycles. The maximum Gasteiger partial charge on any atom is 0.121 e. The number of phenols is 1. The first-order chi connectivity index (χ1) is 8.29. The first-order valence-corrected chi connectivity index (χ1v) is 6.08. The SMILES string of the molecule is N#CC(Sc1ccc(O)cc1)c1ccccc1. The van der Waals surface area contributed by atoms with Crippen LogP contribution in [0.2, 0.25) is 0 Å². The number of hydrogen-bond donors (Lipinski definition) is 1. The van der Waals surface area contributed by atoms with Gasteiger partial charge in [0.05, 0.1) is 6.07 Å². The van der Waals surface area contributed by atoms with Gasteiger partial charge in [0.15, 0.2) is 0 Å². The maximum absolute atomic E-state index is 9.19. The zero-order valence-electron chi connectivity index (χ0n) is 9.08. The van der Waals surface area contributed by atoms with Gasteiger partial charge >= 0.3 is 0 Å². The van der Waals surface area contributed by atoms with Gasteiger partial charge in [-0.15, -0.1) is 11.8 Å². The molecule has 0 fully saturated rings. The van der Waals surface area contributed by atoms with Crippen molar-refractivity contribution >= 4 is 11.8 Å². The Kier molecular flexibility index (Phi) is 3.69. The highest BCUT2D eigenvalue weighted by atomic mass is 32.2. The number of nitrogens with zero attached hydrogens (tertiary/aromatic N) is 1. The molecule has 0 saturated carbocycles. The number of benzene rings is 2. The zero-order chi connectivity index (χ0) is 12.1. The minimum absolute atomic E-state index is 0.222. The standard InChI is InChI=1S/C14H11NOS/c15-10-14(11-4-2-1-3-5-11)17-13-8-6-12(16)7-9-13/h1-9,14,16H. The van der Waals surface area contributed by atoms with E-state index in [9.17, 15) is 10.4 Å². The highest BCUT2D eigenvalue weighted by molar-refractivity contribution is 7.99. The Bertz CT molecular complexity index is 516. The molecular formula is C14H11NOS. The third kappa shape index (κ3) is 3.02. The number of aromatic hydroxyl groups is 1. The van der Waals surface area contributed by atoms with Crippen LogP contribution in [0.3, 0.4) is 0 Å². The number of nitriles is 1. The van der Waals surface area contributed by atoms with Crippen molar-refractivity contribution < 1.29 is 5.11 Å². The molecule has 2 aromatic rings. The molecule has 3 heteroatoms. The summed E-state index contributed by atoms with van der Waals surface area (Å²) in [5.74, 6) is 0.238. The molecule has 0 spiro atoms. The molecule has 2 nitrogen and oxygen atoms in total. The predicted octanol–water partition coefficient (Wildman–Crippen LogP) is 3.75. The van der Waals surface area contributed by atoms with Crippen LogP contribution in [0.15, 0.2) is 59.5 Å². The van der Waals surface area contributed by atoms with Crippen molar-refractivity contribution in [3.8, 4) is 11.8 Å². The van der Waals surface area contributed by atoms with E-state index in [1.165, 1.54) is 11.8 Å². The van der Waals surface area contributed by atoms with Crippen molar-refractivity contribution in [1.82, 2.24) is 0 Å². The summed E-state index contributed by atoms with van der Waals surface area (Å²) < 4.78 is 0. The molecule has 1 N–H and O–H groups in total. The quantitative estimate of drug-likeness (QED) is 0.832. The number of phenolic OH excluding ortho intramolecular Hbond substituents is 1. The first-order valence-electron chi connectivity index (χ1n) is 5.20. The molecular weight excluding hydrogens is 230 g/mol. The second-order valence-corrected chi connectivity index (χ2v) is 4.71. The van der Waals surface area contributed by atoms with Gasteiger partial charge in [0.1, 0.15) is 11.0 Å². The van der Waals surface area contributed by atoms with Crippen molar-refractivity contribution in [2.45, 2.75) is 10.1 Å². The average Bonchev–Trinajstić information content (AvgIpc) is 2.39. The summed E-state index contributed by atoms with van der Waals surface area (Å²) >= 11 is 1.48. The highest BCUT2D eigenvalue weighted by Crippen LogP contribution is 2.34. The van der Waals surface area contributed by atoms with Gasteiger partial charge in [-0.3, -0.25) is 0 Å². The molecule has 0 aromatic heterocycles. The van der Waals surface area contributed by atoms with Gasteiger partial charge < -0.3 is 5.11 Å². The Morgan fingerprint density at radius 2 is 1.65 bits per heavy atom. The average molecular weight is 241 g/mol. The lowest BCUT2D eigenvalue weighted by Crippen LogP contribution is -1.89. The molecule has 2 rings (SSSR count). The van der Waals surface area contributed by atoms with Crippen LogP contribution >= 0.6 is 11.8 Å². The second kappa shape index (κ2) is 5.42. The lowest BCUT2D eigenvalue weighted by molar-refractivity contribution is 0.475. The molecule has 0 aliphatic rings. The lowest BCUT2D eigenvalue weighted by atomic mass is 10.2. The van der Waals surface area contributed by atoms with Crippen LogP contribution < -0.4 is 0 Å². The van der Waals surface area contributed by atoms with Crippen molar-refractivity contribution in [3.63, 3.8) is 0 Å². The Labute approximate surface area is 105 Å². The van der Waals surface area contributed by atoms with Gasteiger partial charge in [-0.05, 0) is 29.8 Å². The molecule has 2 aromatic carbocycles. The molecule has 0 aliphatic carbocycles. The van der Waals surface area contributed by atoms with Crippen molar-refractivity contribution in [1.29, 1.82) is 5.26 Å². The summed E-state index contributed by atoms with van der Waals surface area (Å²) in [7, 11) is 0. The van der Waals surface area contributed by atoms with Crippen LogP contribution in [-0.2, 0) is 0 Å². The van der Waals surface area contributed by atoms with E-state index in [1.807, 2.05) is 42.5 Å². The van der Waals surface area contributed by atoms with Crippen LogP contribution in [0.25, 0.3) is 0 Å². The van der Waals surface area contributed by atoms with Crippen LogP contribution in [0, 0.1) is 11.3 Å². The zero-order valence-corrected chi connectivity index (χ0v) is 9.89. The van der Waals surface area contributed by atoms with Crippen molar-refractivity contribution in [2.75, 3.05) is 0 Å². The minimum Gasteiger partial charge on any atom is -0.508 e. The fraction of sp³-hybridized carbons (Fsp3) is 0.0714. The molecule has 1 unspecified atom stereocenters. The van der Waals surface area contributed by atoms with E-state index in [-0.39, 0.29) is 11.0 Å². The molecule has 0 saturated heterocycles. The Hall–Kier alpha value is -1.92. The molecule has 17 heavy (non-hydrogen) atoms. The smallest absolute Gasteiger partial charge is 0.121 e. The maximum atomic E-state index is 9.19. The summed E-state index contributed by atoms with van der Waals surface area (Å²) in [4.78, 5) is 0.971. The monoisotopic (exact) mass is 241 g/mol. The van der Waals surface area contributed by atoms with Gasteiger partial charge in [0.2, 0.25) is 0 Å². The van der Waals surface area contributed by atoms with Crippen LogP contribution in [0.1, 0.15) is 10.8 Å². The number of thioether (sulfide) groups is 1. The summed E-state index contributed by atoms with van der Waals surface area (Å²) in [6.45, 7) is 0. The summed E-state index contributed by atoms with van der Waals surface area (Å²) in [6.07, 6.45) is 0. The van der Waals surface area contributed by atoms with Gasteiger partial charge in [-0.2, -0.15) is 5.26 Å². The van der Waals surface area contributed by atoms with Crippen LogP contribution in [0.5, 0.6) is 5.75 Å². The van der Waals surface area contributed by atoms with E-state index < -0.39 is 0 Å². The Morgan fingerprint density at radius 3 is 2.24 bits per heavy atom. The number of rotatable bonds is 3. The molecule has 84 valence electrons. The van der Waals surface area contributed by atoms with E-state index in [2.05, 4.69) is 6.07 Å². The third-order valence-electron chi connectivity index (χ3n) is 2.31. The van der Waals surface area contributed by atoms with Crippen LogP contribution in [-0.4, -0.2) is 5.11 Å². The molecule has 1 atom stereocenters. The molecule has 0 bridgehead atoms. The topological polar surface area (TPSA) is 44.0 Å². The van der Waals surface area contributed by atoms with E-state index >= 15 is 0 Å². The number of hydrogen-bond acceptors (Lipinski definition) is 3. The Morgan fingerprint density at radius 1 is 1.00 bits per heavy atom.